The Hall–Kier alpha value is -3.21. The standard InChI is InChI=1S/C18H11ClN4O2S/c19-15-3-1-2-4-16(15)21-10-13(9-20)18-22-17(11-26-18)12-5-7-14(8-6-12)23(24)25/h1-8,10-11,21H/b13-10-. The van der Waals surface area contributed by atoms with Gasteiger partial charge in [-0.1, -0.05) is 23.7 Å². The lowest BCUT2D eigenvalue weighted by Gasteiger charge is -2.03. The lowest BCUT2D eigenvalue weighted by atomic mass is 10.1. The summed E-state index contributed by atoms with van der Waals surface area (Å²) < 4.78 is 0. The molecular formula is C18H11ClN4O2S. The Morgan fingerprint density at radius 2 is 2.00 bits per heavy atom. The Bertz CT molecular complexity index is 1020. The molecule has 0 aliphatic rings. The molecule has 1 heterocycles. The number of nitro benzene ring substituents is 1. The predicted molar refractivity (Wildman–Crippen MR) is 103 cm³/mol. The number of hydrogen-bond donors (Lipinski definition) is 1. The smallest absolute Gasteiger partial charge is 0.269 e. The number of benzene rings is 2. The van der Waals surface area contributed by atoms with Crippen LogP contribution >= 0.6 is 22.9 Å². The highest BCUT2D eigenvalue weighted by atomic mass is 35.5. The van der Waals surface area contributed by atoms with Gasteiger partial charge in [0.1, 0.15) is 16.6 Å². The largest absolute Gasteiger partial charge is 0.359 e. The summed E-state index contributed by atoms with van der Waals surface area (Å²) >= 11 is 7.40. The zero-order valence-electron chi connectivity index (χ0n) is 13.2. The summed E-state index contributed by atoms with van der Waals surface area (Å²) in [7, 11) is 0. The Balaban J connectivity index is 1.83. The van der Waals surface area contributed by atoms with Gasteiger partial charge in [0.2, 0.25) is 0 Å². The second kappa shape index (κ2) is 7.78. The van der Waals surface area contributed by atoms with E-state index in [9.17, 15) is 15.4 Å². The van der Waals surface area contributed by atoms with Gasteiger partial charge in [-0.2, -0.15) is 5.26 Å². The maximum Gasteiger partial charge on any atom is 0.269 e. The summed E-state index contributed by atoms with van der Waals surface area (Å²) in [5.41, 5.74) is 2.47. The summed E-state index contributed by atoms with van der Waals surface area (Å²) in [4.78, 5) is 14.7. The van der Waals surface area contributed by atoms with Crippen molar-refractivity contribution in [2.75, 3.05) is 5.32 Å². The van der Waals surface area contributed by atoms with E-state index in [0.717, 1.165) is 5.56 Å². The van der Waals surface area contributed by atoms with E-state index in [2.05, 4.69) is 16.4 Å². The molecule has 6 nitrogen and oxygen atoms in total. The molecule has 0 spiro atoms. The molecule has 0 radical (unpaired) electrons. The number of hydrogen-bond acceptors (Lipinski definition) is 6. The number of rotatable bonds is 5. The van der Waals surface area contributed by atoms with Crippen LogP contribution in [0, 0.1) is 21.4 Å². The van der Waals surface area contributed by atoms with Gasteiger partial charge in [-0.3, -0.25) is 10.1 Å². The Morgan fingerprint density at radius 3 is 2.65 bits per heavy atom. The highest BCUT2D eigenvalue weighted by Gasteiger charge is 2.11. The normalized spacial score (nSPS) is 11.0. The number of aromatic nitrogens is 1. The number of anilines is 1. The third kappa shape index (κ3) is 3.88. The van der Waals surface area contributed by atoms with Gasteiger partial charge in [0.25, 0.3) is 5.69 Å². The molecular weight excluding hydrogens is 372 g/mol. The molecule has 0 aliphatic carbocycles. The summed E-state index contributed by atoms with van der Waals surface area (Å²) in [6.07, 6.45) is 1.56. The van der Waals surface area contributed by atoms with Gasteiger partial charge in [-0.05, 0) is 24.3 Å². The maximum atomic E-state index is 10.7. The fraction of sp³-hybridized carbons (Fsp3) is 0. The molecule has 0 fully saturated rings. The van der Waals surface area contributed by atoms with Gasteiger partial charge in [0.05, 0.1) is 21.3 Å². The van der Waals surface area contributed by atoms with Crippen LogP contribution in [-0.2, 0) is 0 Å². The van der Waals surface area contributed by atoms with Crippen molar-refractivity contribution in [1.29, 1.82) is 5.26 Å². The van der Waals surface area contributed by atoms with Crippen molar-refractivity contribution < 1.29 is 4.92 Å². The van der Waals surface area contributed by atoms with E-state index in [1.807, 2.05) is 12.1 Å². The van der Waals surface area contributed by atoms with Crippen LogP contribution in [0.3, 0.4) is 0 Å². The molecule has 2 aromatic carbocycles. The van der Waals surface area contributed by atoms with Crippen molar-refractivity contribution in [3.63, 3.8) is 0 Å². The zero-order valence-corrected chi connectivity index (χ0v) is 14.8. The molecule has 0 atom stereocenters. The average Bonchev–Trinajstić information content (AvgIpc) is 3.14. The highest BCUT2D eigenvalue weighted by Crippen LogP contribution is 2.28. The Morgan fingerprint density at radius 1 is 1.27 bits per heavy atom. The van der Waals surface area contributed by atoms with E-state index in [-0.39, 0.29) is 5.69 Å². The second-order valence-electron chi connectivity index (χ2n) is 5.14. The molecule has 0 saturated heterocycles. The number of nitriles is 1. The third-order valence-electron chi connectivity index (χ3n) is 3.47. The molecule has 1 N–H and O–H groups in total. The predicted octanol–water partition coefficient (Wildman–Crippen LogP) is 5.35. The molecule has 128 valence electrons. The van der Waals surface area contributed by atoms with Gasteiger partial charge in [-0.15, -0.1) is 11.3 Å². The monoisotopic (exact) mass is 382 g/mol. The number of para-hydroxylation sites is 1. The van der Waals surface area contributed by atoms with Crippen LogP contribution in [0.1, 0.15) is 5.01 Å². The lowest BCUT2D eigenvalue weighted by Crippen LogP contribution is -1.91. The highest BCUT2D eigenvalue weighted by molar-refractivity contribution is 7.11. The molecule has 0 saturated carbocycles. The minimum atomic E-state index is -0.451. The van der Waals surface area contributed by atoms with Crippen molar-refractivity contribution in [3.05, 3.63) is 80.3 Å². The summed E-state index contributed by atoms with van der Waals surface area (Å²) in [6.45, 7) is 0. The molecule has 3 aromatic rings. The SMILES string of the molecule is N#C/C(=C/Nc1ccccc1Cl)c1nc(-c2ccc([N+](=O)[O-])cc2)cs1. The first-order valence-electron chi connectivity index (χ1n) is 7.40. The van der Waals surface area contributed by atoms with E-state index in [1.54, 1.807) is 35.8 Å². The van der Waals surface area contributed by atoms with E-state index in [4.69, 9.17) is 11.6 Å². The van der Waals surface area contributed by atoms with Gasteiger partial charge in [0.15, 0.2) is 0 Å². The molecule has 8 heteroatoms. The Kier molecular flexibility index (Phi) is 5.27. The van der Waals surface area contributed by atoms with Crippen LogP contribution in [0.15, 0.2) is 60.1 Å². The van der Waals surface area contributed by atoms with Crippen LogP contribution in [0.5, 0.6) is 0 Å². The van der Waals surface area contributed by atoms with Gasteiger partial charge in [-0.25, -0.2) is 4.98 Å². The Labute approximate surface area is 158 Å². The van der Waals surface area contributed by atoms with E-state index in [0.29, 0.717) is 27.0 Å². The van der Waals surface area contributed by atoms with Crippen LogP contribution in [0.4, 0.5) is 11.4 Å². The number of nitrogens with zero attached hydrogens (tertiary/aromatic N) is 3. The van der Waals surface area contributed by atoms with E-state index >= 15 is 0 Å². The summed E-state index contributed by atoms with van der Waals surface area (Å²) in [5, 5.41) is 26.0. The van der Waals surface area contributed by atoms with Crippen LogP contribution < -0.4 is 5.32 Å². The van der Waals surface area contributed by atoms with Crippen LogP contribution in [0.25, 0.3) is 16.8 Å². The molecule has 0 aliphatic heterocycles. The molecule has 3 rings (SSSR count). The minimum Gasteiger partial charge on any atom is -0.359 e. The summed E-state index contributed by atoms with van der Waals surface area (Å²) in [5.74, 6) is 0. The number of nitro groups is 1. The fourth-order valence-electron chi connectivity index (χ4n) is 2.15. The molecule has 0 amide bonds. The second-order valence-corrected chi connectivity index (χ2v) is 6.40. The van der Waals surface area contributed by atoms with Crippen molar-refractivity contribution in [1.82, 2.24) is 4.98 Å². The number of thiazole rings is 1. The third-order valence-corrected chi connectivity index (χ3v) is 4.68. The van der Waals surface area contributed by atoms with Gasteiger partial charge >= 0.3 is 0 Å². The molecule has 1 aromatic heterocycles. The lowest BCUT2D eigenvalue weighted by molar-refractivity contribution is -0.384. The number of non-ortho nitro benzene ring substituents is 1. The summed E-state index contributed by atoms with van der Waals surface area (Å²) in [6, 6.07) is 15.4. The van der Waals surface area contributed by atoms with E-state index in [1.165, 1.54) is 23.5 Å². The topological polar surface area (TPSA) is 91.8 Å². The zero-order chi connectivity index (χ0) is 18.5. The number of allylic oxidation sites excluding steroid dienone is 1. The molecule has 0 bridgehead atoms. The van der Waals surface area contributed by atoms with Crippen molar-refractivity contribution >= 4 is 39.9 Å². The average molecular weight is 383 g/mol. The van der Waals surface area contributed by atoms with Crippen LogP contribution in [-0.4, -0.2) is 9.91 Å². The van der Waals surface area contributed by atoms with E-state index < -0.39 is 4.92 Å². The van der Waals surface area contributed by atoms with Crippen molar-refractivity contribution in [2.24, 2.45) is 0 Å². The van der Waals surface area contributed by atoms with Gasteiger partial charge < -0.3 is 5.32 Å². The van der Waals surface area contributed by atoms with Crippen LogP contribution in [0.2, 0.25) is 5.02 Å². The van der Waals surface area contributed by atoms with Crippen molar-refractivity contribution in [3.8, 4) is 17.3 Å². The minimum absolute atomic E-state index is 0.0192. The number of halogens is 1. The molecule has 26 heavy (non-hydrogen) atoms. The fourth-order valence-corrected chi connectivity index (χ4v) is 3.14. The van der Waals surface area contributed by atoms with Crippen molar-refractivity contribution in [2.45, 2.75) is 0 Å². The van der Waals surface area contributed by atoms with Gasteiger partial charge in [0, 0.05) is 29.3 Å². The first-order valence-corrected chi connectivity index (χ1v) is 8.66. The number of nitrogens with one attached hydrogen (secondary N) is 1. The first kappa shape index (κ1) is 17.6. The quantitative estimate of drug-likeness (QED) is 0.365. The first-order chi connectivity index (χ1) is 12.6. The maximum absolute atomic E-state index is 10.7. The molecule has 0 unspecified atom stereocenters.